The molecule has 0 radical (unpaired) electrons. The van der Waals surface area contributed by atoms with Crippen LogP contribution in [0.2, 0.25) is 10.0 Å². The summed E-state index contributed by atoms with van der Waals surface area (Å²) in [6, 6.07) is 3.83. The van der Waals surface area contributed by atoms with E-state index in [1.807, 2.05) is 12.1 Å². The third-order valence-electron chi connectivity index (χ3n) is 3.58. The molecule has 0 amide bonds. The standard InChI is InChI=1S/C13H18Cl2N2/c1-13(2)4-3-5-17(13)8-9-6-10(14)12(16)11(15)7-9/h6-7H,3-5,8,16H2,1-2H3. The highest BCUT2D eigenvalue weighted by Gasteiger charge is 2.31. The number of benzene rings is 1. The number of halogens is 2. The average Bonchev–Trinajstić information content (AvgIpc) is 2.55. The predicted octanol–water partition coefficient (Wildman–Crippen LogP) is 3.95. The smallest absolute Gasteiger partial charge is 0.0693 e. The summed E-state index contributed by atoms with van der Waals surface area (Å²) in [5.41, 5.74) is 7.60. The third kappa shape index (κ3) is 2.70. The van der Waals surface area contributed by atoms with Crippen molar-refractivity contribution in [2.75, 3.05) is 12.3 Å². The largest absolute Gasteiger partial charge is 0.396 e. The molecule has 2 nitrogen and oxygen atoms in total. The Kier molecular flexibility index (Phi) is 3.58. The number of hydrogen-bond donors (Lipinski definition) is 1. The van der Waals surface area contributed by atoms with Gasteiger partial charge in [0.05, 0.1) is 15.7 Å². The fourth-order valence-corrected chi connectivity index (χ4v) is 2.94. The number of anilines is 1. The van der Waals surface area contributed by atoms with E-state index in [4.69, 9.17) is 28.9 Å². The van der Waals surface area contributed by atoms with E-state index < -0.39 is 0 Å². The van der Waals surface area contributed by atoms with Crippen molar-refractivity contribution >= 4 is 28.9 Å². The van der Waals surface area contributed by atoms with Crippen LogP contribution in [0.25, 0.3) is 0 Å². The first-order valence-corrected chi connectivity index (χ1v) is 6.64. The van der Waals surface area contributed by atoms with E-state index in [1.54, 1.807) is 0 Å². The third-order valence-corrected chi connectivity index (χ3v) is 4.21. The summed E-state index contributed by atoms with van der Waals surface area (Å²) in [5, 5.41) is 1.09. The molecule has 0 atom stereocenters. The van der Waals surface area contributed by atoms with Crippen molar-refractivity contribution in [2.24, 2.45) is 0 Å². The normalized spacial score (nSPS) is 19.8. The fraction of sp³-hybridized carbons (Fsp3) is 0.538. The van der Waals surface area contributed by atoms with Crippen molar-refractivity contribution in [3.8, 4) is 0 Å². The number of rotatable bonds is 2. The SMILES string of the molecule is CC1(C)CCCN1Cc1cc(Cl)c(N)c(Cl)c1. The van der Waals surface area contributed by atoms with E-state index in [-0.39, 0.29) is 5.54 Å². The summed E-state index contributed by atoms with van der Waals surface area (Å²) < 4.78 is 0. The second-order valence-corrected chi connectivity index (χ2v) is 6.13. The van der Waals surface area contributed by atoms with Crippen LogP contribution in [0, 0.1) is 0 Å². The average molecular weight is 273 g/mol. The van der Waals surface area contributed by atoms with Gasteiger partial charge in [0.15, 0.2) is 0 Å². The molecule has 1 saturated heterocycles. The minimum Gasteiger partial charge on any atom is -0.396 e. The minimum absolute atomic E-state index is 0.264. The molecule has 1 aliphatic heterocycles. The first-order valence-electron chi connectivity index (χ1n) is 5.88. The van der Waals surface area contributed by atoms with Crippen LogP contribution in [0.1, 0.15) is 32.3 Å². The molecule has 1 fully saturated rings. The molecule has 1 aliphatic rings. The first-order chi connectivity index (χ1) is 7.90. The maximum atomic E-state index is 6.05. The molecule has 2 N–H and O–H groups in total. The summed E-state index contributed by atoms with van der Waals surface area (Å²) in [4.78, 5) is 2.46. The topological polar surface area (TPSA) is 29.3 Å². The van der Waals surface area contributed by atoms with E-state index in [2.05, 4.69) is 18.7 Å². The second kappa shape index (κ2) is 4.68. The van der Waals surface area contributed by atoms with Gasteiger partial charge in [-0.15, -0.1) is 0 Å². The Morgan fingerprint density at radius 1 is 1.29 bits per heavy atom. The molecule has 17 heavy (non-hydrogen) atoms. The highest BCUT2D eigenvalue weighted by Crippen LogP contribution is 2.33. The lowest BCUT2D eigenvalue weighted by molar-refractivity contribution is 0.166. The van der Waals surface area contributed by atoms with Crippen molar-refractivity contribution in [1.29, 1.82) is 0 Å². The maximum absolute atomic E-state index is 6.05. The van der Waals surface area contributed by atoms with E-state index in [9.17, 15) is 0 Å². The van der Waals surface area contributed by atoms with Gasteiger partial charge < -0.3 is 5.73 Å². The zero-order valence-corrected chi connectivity index (χ0v) is 11.8. The van der Waals surface area contributed by atoms with E-state index in [1.165, 1.54) is 12.8 Å². The van der Waals surface area contributed by atoms with E-state index in [0.29, 0.717) is 15.7 Å². The van der Waals surface area contributed by atoms with Gasteiger partial charge in [0.2, 0.25) is 0 Å². The Bertz CT molecular complexity index is 406. The zero-order valence-electron chi connectivity index (χ0n) is 10.3. The molecular formula is C13H18Cl2N2. The van der Waals surface area contributed by atoms with Gasteiger partial charge >= 0.3 is 0 Å². The monoisotopic (exact) mass is 272 g/mol. The molecular weight excluding hydrogens is 255 g/mol. The van der Waals surface area contributed by atoms with Crippen LogP contribution in [0.15, 0.2) is 12.1 Å². The van der Waals surface area contributed by atoms with Crippen molar-refractivity contribution in [3.05, 3.63) is 27.7 Å². The van der Waals surface area contributed by atoms with Crippen molar-refractivity contribution in [2.45, 2.75) is 38.8 Å². The van der Waals surface area contributed by atoms with Gasteiger partial charge in [-0.25, -0.2) is 0 Å². The lowest BCUT2D eigenvalue weighted by atomic mass is 10.0. The lowest BCUT2D eigenvalue weighted by Gasteiger charge is -2.31. The summed E-state index contributed by atoms with van der Waals surface area (Å²) >= 11 is 12.1. The number of nitrogen functional groups attached to an aromatic ring is 1. The van der Waals surface area contributed by atoms with Crippen LogP contribution in [0.4, 0.5) is 5.69 Å². The van der Waals surface area contributed by atoms with Crippen LogP contribution < -0.4 is 5.73 Å². The summed E-state index contributed by atoms with van der Waals surface area (Å²) in [5.74, 6) is 0. The van der Waals surface area contributed by atoms with Crippen LogP contribution in [0.3, 0.4) is 0 Å². The summed E-state index contributed by atoms with van der Waals surface area (Å²) in [6.45, 7) is 6.57. The van der Waals surface area contributed by atoms with E-state index in [0.717, 1.165) is 18.7 Å². The first kappa shape index (κ1) is 13.0. The number of likely N-dealkylation sites (tertiary alicyclic amines) is 1. The second-order valence-electron chi connectivity index (χ2n) is 5.31. The molecule has 1 heterocycles. The highest BCUT2D eigenvalue weighted by molar-refractivity contribution is 6.38. The Labute approximate surface area is 113 Å². The summed E-state index contributed by atoms with van der Waals surface area (Å²) in [7, 11) is 0. The van der Waals surface area contributed by atoms with Crippen molar-refractivity contribution < 1.29 is 0 Å². The fourth-order valence-electron chi connectivity index (χ4n) is 2.40. The molecule has 0 saturated carbocycles. The van der Waals surface area contributed by atoms with Crippen LogP contribution in [-0.4, -0.2) is 17.0 Å². The minimum atomic E-state index is 0.264. The molecule has 2 rings (SSSR count). The molecule has 94 valence electrons. The van der Waals surface area contributed by atoms with Gasteiger partial charge in [-0.05, 0) is 50.9 Å². The van der Waals surface area contributed by atoms with Crippen LogP contribution in [-0.2, 0) is 6.54 Å². The van der Waals surface area contributed by atoms with Gasteiger partial charge in [-0.2, -0.15) is 0 Å². The van der Waals surface area contributed by atoms with Gasteiger partial charge in [0.1, 0.15) is 0 Å². The molecule has 1 aromatic carbocycles. The number of nitrogens with zero attached hydrogens (tertiary/aromatic N) is 1. The Morgan fingerprint density at radius 3 is 2.35 bits per heavy atom. The molecule has 1 aromatic rings. The molecule has 0 spiro atoms. The molecule has 0 bridgehead atoms. The van der Waals surface area contributed by atoms with Crippen molar-refractivity contribution in [3.63, 3.8) is 0 Å². The van der Waals surface area contributed by atoms with Crippen LogP contribution >= 0.6 is 23.2 Å². The lowest BCUT2D eigenvalue weighted by Crippen LogP contribution is -2.37. The van der Waals surface area contributed by atoms with E-state index >= 15 is 0 Å². The number of hydrogen-bond acceptors (Lipinski definition) is 2. The quantitative estimate of drug-likeness (QED) is 0.827. The Morgan fingerprint density at radius 2 is 1.88 bits per heavy atom. The zero-order chi connectivity index (χ0) is 12.6. The molecule has 0 aromatic heterocycles. The molecule has 0 aliphatic carbocycles. The maximum Gasteiger partial charge on any atom is 0.0693 e. The Hall–Kier alpha value is -0.440. The number of nitrogens with two attached hydrogens (primary N) is 1. The molecule has 0 unspecified atom stereocenters. The van der Waals surface area contributed by atoms with Gasteiger partial charge in [-0.1, -0.05) is 23.2 Å². The molecule has 4 heteroatoms. The van der Waals surface area contributed by atoms with Gasteiger partial charge in [0.25, 0.3) is 0 Å². The Balaban J connectivity index is 2.19. The van der Waals surface area contributed by atoms with Gasteiger partial charge in [-0.3, -0.25) is 4.90 Å². The van der Waals surface area contributed by atoms with Crippen LogP contribution in [0.5, 0.6) is 0 Å². The van der Waals surface area contributed by atoms with Gasteiger partial charge in [0, 0.05) is 12.1 Å². The summed E-state index contributed by atoms with van der Waals surface area (Å²) in [6.07, 6.45) is 2.49. The highest BCUT2D eigenvalue weighted by atomic mass is 35.5. The van der Waals surface area contributed by atoms with Crippen molar-refractivity contribution in [1.82, 2.24) is 4.90 Å². The predicted molar refractivity (Wildman–Crippen MR) is 74.6 cm³/mol.